The summed E-state index contributed by atoms with van der Waals surface area (Å²) in [5.74, 6) is 0. The van der Waals surface area contributed by atoms with Crippen molar-refractivity contribution in [2.24, 2.45) is 4.99 Å². The van der Waals surface area contributed by atoms with Crippen molar-refractivity contribution in [3.05, 3.63) is 35.9 Å². The van der Waals surface area contributed by atoms with Crippen LogP contribution in [0.4, 0.5) is 0 Å². The summed E-state index contributed by atoms with van der Waals surface area (Å²) in [6, 6.07) is 10.5. The van der Waals surface area contributed by atoms with Gasteiger partial charge in [-0.1, -0.05) is 30.3 Å². The largest absolute Gasteiger partial charge is 0.272 e. The van der Waals surface area contributed by atoms with E-state index in [-0.39, 0.29) is 0 Å². The van der Waals surface area contributed by atoms with Crippen molar-refractivity contribution in [1.29, 1.82) is 0 Å². The maximum Gasteiger partial charge on any atom is 0.149 e. The van der Waals surface area contributed by atoms with Gasteiger partial charge in [0.15, 0.2) is 0 Å². The van der Waals surface area contributed by atoms with Gasteiger partial charge in [-0.15, -0.1) is 11.8 Å². The van der Waals surface area contributed by atoms with Gasteiger partial charge in [0.05, 0.1) is 0 Å². The van der Waals surface area contributed by atoms with Gasteiger partial charge in [0.1, 0.15) is 5.50 Å². The second kappa shape index (κ2) is 4.81. The number of nitrogens with zero attached hydrogens (tertiary/aromatic N) is 2. The van der Waals surface area contributed by atoms with E-state index < -0.39 is 0 Å². The van der Waals surface area contributed by atoms with Crippen molar-refractivity contribution >= 4 is 18.0 Å². The van der Waals surface area contributed by atoms with Crippen LogP contribution in [0.3, 0.4) is 0 Å². The van der Waals surface area contributed by atoms with Crippen LogP contribution in [0.5, 0.6) is 0 Å². The molecule has 0 N–H and O–H groups in total. The first-order chi connectivity index (χ1) is 7.25. The van der Waals surface area contributed by atoms with Gasteiger partial charge in [0, 0.05) is 18.0 Å². The fourth-order valence-corrected chi connectivity index (χ4v) is 2.57. The molecule has 2 nitrogen and oxygen atoms in total. The molecule has 2 unspecified atom stereocenters. The van der Waals surface area contributed by atoms with Gasteiger partial charge in [-0.2, -0.15) is 0 Å². The minimum absolute atomic E-state index is 0.292. The smallest absolute Gasteiger partial charge is 0.149 e. The quantitative estimate of drug-likeness (QED) is 0.778. The highest BCUT2D eigenvalue weighted by atomic mass is 32.2. The first-order valence-corrected chi connectivity index (χ1v) is 6.13. The molecule has 2 rings (SSSR count). The average Bonchev–Trinajstić information content (AvgIpc) is 2.66. The Bertz CT molecular complexity index is 337. The first kappa shape index (κ1) is 10.7. The van der Waals surface area contributed by atoms with E-state index >= 15 is 0 Å². The summed E-state index contributed by atoms with van der Waals surface area (Å²) >= 11 is 1.90. The van der Waals surface area contributed by atoms with E-state index in [1.807, 2.05) is 24.0 Å². The molecule has 0 saturated carbocycles. The normalized spacial score (nSPS) is 25.0. The summed E-state index contributed by atoms with van der Waals surface area (Å²) in [7, 11) is 2.13. The second-order valence-electron chi connectivity index (χ2n) is 3.87. The molecule has 0 aromatic heterocycles. The number of hydrogen-bond donors (Lipinski definition) is 0. The zero-order valence-corrected chi connectivity index (χ0v) is 9.95. The zero-order chi connectivity index (χ0) is 10.7. The van der Waals surface area contributed by atoms with Crippen LogP contribution in [0, 0.1) is 0 Å². The van der Waals surface area contributed by atoms with Crippen LogP contribution in [-0.2, 0) is 6.54 Å². The molecule has 0 bridgehead atoms. The van der Waals surface area contributed by atoms with Crippen LogP contribution in [0.25, 0.3) is 0 Å². The Morgan fingerprint density at radius 2 is 2.07 bits per heavy atom. The SMILES string of the molecule is CC1C=NC(N(C)Cc2ccccc2)S1. The van der Waals surface area contributed by atoms with E-state index in [9.17, 15) is 0 Å². The fourth-order valence-electron chi connectivity index (χ4n) is 1.62. The van der Waals surface area contributed by atoms with Crippen LogP contribution in [0.2, 0.25) is 0 Å². The summed E-state index contributed by atoms with van der Waals surface area (Å²) in [5.41, 5.74) is 1.63. The molecular formula is C12H16N2S. The molecular weight excluding hydrogens is 204 g/mol. The Morgan fingerprint density at radius 1 is 1.33 bits per heavy atom. The van der Waals surface area contributed by atoms with Crippen LogP contribution < -0.4 is 0 Å². The van der Waals surface area contributed by atoms with Crippen LogP contribution in [0.15, 0.2) is 35.3 Å². The van der Waals surface area contributed by atoms with Crippen molar-refractivity contribution in [1.82, 2.24) is 4.90 Å². The molecule has 1 heterocycles. The highest BCUT2D eigenvalue weighted by Gasteiger charge is 2.21. The van der Waals surface area contributed by atoms with E-state index in [0.29, 0.717) is 10.7 Å². The van der Waals surface area contributed by atoms with Gasteiger partial charge in [0.25, 0.3) is 0 Å². The van der Waals surface area contributed by atoms with Crippen molar-refractivity contribution in [3.8, 4) is 0 Å². The molecule has 1 aliphatic rings. The van der Waals surface area contributed by atoms with Gasteiger partial charge in [-0.25, -0.2) is 0 Å². The van der Waals surface area contributed by atoms with Crippen molar-refractivity contribution in [3.63, 3.8) is 0 Å². The number of hydrogen-bond acceptors (Lipinski definition) is 3. The third-order valence-corrected chi connectivity index (χ3v) is 3.69. The predicted octanol–water partition coefficient (Wildman–Crippen LogP) is 2.61. The number of rotatable bonds is 3. The molecule has 15 heavy (non-hydrogen) atoms. The maximum absolute atomic E-state index is 4.48. The highest BCUT2D eigenvalue weighted by Crippen LogP contribution is 2.26. The Hall–Kier alpha value is -0.800. The Balaban J connectivity index is 1.93. The van der Waals surface area contributed by atoms with E-state index in [0.717, 1.165) is 6.54 Å². The van der Waals surface area contributed by atoms with Crippen LogP contribution in [0.1, 0.15) is 12.5 Å². The summed E-state index contributed by atoms with van der Waals surface area (Å²) in [6.45, 7) is 3.15. The lowest BCUT2D eigenvalue weighted by molar-refractivity contribution is 0.314. The molecule has 0 radical (unpaired) electrons. The van der Waals surface area contributed by atoms with Crippen LogP contribution >= 0.6 is 11.8 Å². The van der Waals surface area contributed by atoms with Gasteiger partial charge in [-0.05, 0) is 19.5 Å². The standard InChI is InChI=1S/C12H16N2S/c1-10-8-13-12(15-10)14(2)9-11-6-4-3-5-7-11/h3-8,10,12H,9H2,1-2H3. The minimum Gasteiger partial charge on any atom is -0.272 e. The summed E-state index contributed by atoms with van der Waals surface area (Å²) in [4.78, 5) is 6.75. The first-order valence-electron chi connectivity index (χ1n) is 5.18. The van der Waals surface area contributed by atoms with Gasteiger partial charge in [-0.3, -0.25) is 9.89 Å². The van der Waals surface area contributed by atoms with E-state index in [1.54, 1.807) is 0 Å². The van der Waals surface area contributed by atoms with Crippen molar-refractivity contribution < 1.29 is 0 Å². The molecule has 2 atom stereocenters. The molecule has 0 spiro atoms. The van der Waals surface area contributed by atoms with Crippen LogP contribution in [-0.4, -0.2) is 28.9 Å². The van der Waals surface area contributed by atoms with E-state index in [4.69, 9.17) is 0 Å². The lowest BCUT2D eigenvalue weighted by atomic mass is 10.2. The molecule has 1 aliphatic heterocycles. The third kappa shape index (κ3) is 2.83. The van der Waals surface area contributed by atoms with Gasteiger partial charge >= 0.3 is 0 Å². The highest BCUT2D eigenvalue weighted by molar-refractivity contribution is 8.01. The molecule has 1 aromatic rings. The molecule has 0 aliphatic carbocycles. The average molecular weight is 220 g/mol. The summed E-state index contributed by atoms with van der Waals surface area (Å²) < 4.78 is 0. The van der Waals surface area contributed by atoms with Crippen molar-refractivity contribution in [2.75, 3.05) is 7.05 Å². The number of aliphatic imine (C=N–C) groups is 1. The monoisotopic (exact) mass is 220 g/mol. The zero-order valence-electron chi connectivity index (χ0n) is 9.13. The molecule has 3 heteroatoms. The molecule has 0 saturated heterocycles. The third-order valence-electron chi connectivity index (χ3n) is 2.41. The Morgan fingerprint density at radius 3 is 2.67 bits per heavy atom. The topological polar surface area (TPSA) is 15.6 Å². The predicted molar refractivity (Wildman–Crippen MR) is 67.2 cm³/mol. The lowest BCUT2D eigenvalue weighted by Crippen LogP contribution is -2.25. The minimum atomic E-state index is 0.292. The Labute approximate surface area is 95.4 Å². The second-order valence-corrected chi connectivity index (χ2v) is 5.30. The lowest BCUT2D eigenvalue weighted by Gasteiger charge is -2.21. The van der Waals surface area contributed by atoms with Crippen molar-refractivity contribution in [2.45, 2.75) is 24.2 Å². The fraction of sp³-hybridized carbons (Fsp3) is 0.417. The maximum atomic E-state index is 4.48. The summed E-state index contributed by atoms with van der Waals surface area (Å²) in [5, 5.41) is 0.549. The Kier molecular flexibility index (Phi) is 3.44. The summed E-state index contributed by atoms with van der Waals surface area (Å²) in [6.07, 6.45) is 2.04. The van der Waals surface area contributed by atoms with E-state index in [2.05, 4.69) is 48.1 Å². The molecule has 1 aromatic carbocycles. The molecule has 80 valence electrons. The van der Waals surface area contributed by atoms with Gasteiger partial charge in [0.2, 0.25) is 0 Å². The number of thioether (sulfide) groups is 1. The van der Waals surface area contributed by atoms with Gasteiger partial charge < -0.3 is 0 Å². The van der Waals surface area contributed by atoms with E-state index in [1.165, 1.54) is 5.56 Å². The molecule has 0 amide bonds. The number of benzene rings is 1. The molecule has 0 fully saturated rings.